The molecule has 0 radical (unpaired) electrons. The maximum absolute atomic E-state index is 5.55. The largest absolute Gasteiger partial charge is 0.495 e. The van der Waals surface area contributed by atoms with Gasteiger partial charge in [-0.1, -0.05) is 13.8 Å². The average Bonchev–Trinajstić information content (AvgIpc) is 2.42. The minimum Gasteiger partial charge on any atom is -0.495 e. The van der Waals surface area contributed by atoms with Gasteiger partial charge in [0.1, 0.15) is 5.75 Å². The standard InChI is InChI=1S/C14H24N2O2/c1-4-7-18-8-6-14(16-5-2)12-9-13(17-3)11-15-10-12/h9-11,14,16H,4-8H2,1-3H3. The van der Waals surface area contributed by atoms with Crippen molar-refractivity contribution in [2.75, 3.05) is 26.9 Å². The molecule has 0 saturated heterocycles. The third kappa shape index (κ3) is 5.02. The van der Waals surface area contributed by atoms with Crippen LogP contribution in [0, 0.1) is 0 Å². The average molecular weight is 252 g/mol. The van der Waals surface area contributed by atoms with E-state index in [0.29, 0.717) is 0 Å². The molecule has 0 amide bonds. The molecule has 1 unspecified atom stereocenters. The van der Waals surface area contributed by atoms with Gasteiger partial charge in [0.2, 0.25) is 0 Å². The summed E-state index contributed by atoms with van der Waals surface area (Å²) in [5.74, 6) is 0.796. The zero-order valence-corrected chi connectivity index (χ0v) is 11.6. The molecule has 1 atom stereocenters. The third-order valence-electron chi connectivity index (χ3n) is 2.72. The van der Waals surface area contributed by atoms with Gasteiger partial charge in [0.05, 0.1) is 13.3 Å². The lowest BCUT2D eigenvalue weighted by molar-refractivity contribution is 0.124. The summed E-state index contributed by atoms with van der Waals surface area (Å²) in [5.41, 5.74) is 1.15. The molecule has 1 N–H and O–H groups in total. The highest BCUT2D eigenvalue weighted by Crippen LogP contribution is 2.20. The van der Waals surface area contributed by atoms with E-state index in [2.05, 4.69) is 24.1 Å². The van der Waals surface area contributed by atoms with Crippen molar-refractivity contribution in [2.24, 2.45) is 0 Å². The number of hydrogen-bond acceptors (Lipinski definition) is 4. The van der Waals surface area contributed by atoms with Gasteiger partial charge >= 0.3 is 0 Å². The summed E-state index contributed by atoms with van der Waals surface area (Å²) in [4.78, 5) is 4.20. The van der Waals surface area contributed by atoms with Crippen LogP contribution < -0.4 is 10.1 Å². The maximum Gasteiger partial charge on any atom is 0.137 e. The highest BCUT2D eigenvalue weighted by molar-refractivity contribution is 5.25. The fourth-order valence-electron chi connectivity index (χ4n) is 1.82. The van der Waals surface area contributed by atoms with E-state index in [9.17, 15) is 0 Å². The van der Waals surface area contributed by atoms with Crippen molar-refractivity contribution in [3.63, 3.8) is 0 Å². The summed E-state index contributed by atoms with van der Waals surface area (Å²) >= 11 is 0. The van der Waals surface area contributed by atoms with Crippen LogP contribution in [0.2, 0.25) is 0 Å². The molecule has 1 heterocycles. The lowest BCUT2D eigenvalue weighted by atomic mass is 10.1. The quantitative estimate of drug-likeness (QED) is 0.686. The summed E-state index contributed by atoms with van der Waals surface area (Å²) in [5, 5.41) is 3.45. The molecule has 102 valence electrons. The Morgan fingerprint density at radius 1 is 1.28 bits per heavy atom. The van der Waals surface area contributed by atoms with E-state index in [4.69, 9.17) is 9.47 Å². The van der Waals surface area contributed by atoms with Crippen molar-refractivity contribution in [3.8, 4) is 5.75 Å². The van der Waals surface area contributed by atoms with E-state index in [1.54, 1.807) is 13.3 Å². The fourth-order valence-corrected chi connectivity index (χ4v) is 1.82. The minimum atomic E-state index is 0.273. The molecule has 0 bridgehead atoms. The fraction of sp³-hybridized carbons (Fsp3) is 0.643. The van der Waals surface area contributed by atoms with E-state index in [1.165, 1.54) is 0 Å². The Bertz CT molecular complexity index is 331. The Balaban J connectivity index is 2.58. The normalized spacial score (nSPS) is 12.4. The lowest BCUT2D eigenvalue weighted by Crippen LogP contribution is -2.22. The van der Waals surface area contributed by atoms with Crippen LogP contribution in [0.15, 0.2) is 18.5 Å². The topological polar surface area (TPSA) is 43.4 Å². The Morgan fingerprint density at radius 2 is 2.11 bits per heavy atom. The molecule has 4 heteroatoms. The number of methoxy groups -OCH3 is 1. The zero-order chi connectivity index (χ0) is 13.2. The van der Waals surface area contributed by atoms with Crippen molar-refractivity contribution in [2.45, 2.75) is 32.7 Å². The van der Waals surface area contributed by atoms with Gasteiger partial charge in [-0.05, 0) is 31.0 Å². The second-order valence-corrected chi connectivity index (χ2v) is 4.17. The first-order chi connectivity index (χ1) is 8.81. The third-order valence-corrected chi connectivity index (χ3v) is 2.72. The molecule has 0 aromatic carbocycles. The molecular formula is C14H24N2O2. The van der Waals surface area contributed by atoms with Gasteiger partial charge in [-0.2, -0.15) is 0 Å². The Hall–Kier alpha value is -1.13. The van der Waals surface area contributed by atoms with Gasteiger partial charge in [-0.3, -0.25) is 4.98 Å². The first-order valence-electron chi connectivity index (χ1n) is 6.61. The van der Waals surface area contributed by atoms with Gasteiger partial charge < -0.3 is 14.8 Å². The molecular weight excluding hydrogens is 228 g/mol. The molecule has 0 aliphatic rings. The molecule has 18 heavy (non-hydrogen) atoms. The van der Waals surface area contributed by atoms with E-state index in [-0.39, 0.29) is 6.04 Å². The number of ether oxygens (including phenoxy) is 2. The minimum absolute atomic E-state index is 0.273. The summed E-state index contributed by atoms with van der Waals surface area (Å²) in [6, 6.07) is 2.30. The Labute approximate surface area is 110 Å². The van der Waals surface area contributed by atoms with Gasteiger partial charge in [0.25, 0.3) is 0 Å². The second-order valence-electron chi connectivity index (χ2n) is 4.17. The smallest absolute Gasteiger partial charge is 0.137 e. The van der Waals surface area contributed by atoms with Crippen LogP contribution >= 0.6 is 0 Å². The summed E-state index contributed by atoms with van der Waals surface area (Å²) in [6.07, 6.45) is 5.62. The van der Waals surface area contributed by atoms with E-state index < -0.39 is 0 Å². The molecule has 0 spiro atoms. The predicted molar refractivity (Wildman–Crippen MR) is 72.9 cm³/mol. The van der Waals surface area contributed by atoms with Crippen molar-refractivity contribution in [1.82, 2.24) is 10.3 Å². The number of hydrogen-bond donors (Lipinski definition) is 1. The van der Waals surface area contributed by atoms with Crippen LogP contribution in [-0.4, -0.2) is 31.9 Å². The number of rotatable bonds is 9. The van der Waals surface area contributed by atoms with Gasteiger partial charge in [-0.25, -0.2) is 0 Å². The molecule has 0 aliphatic heterocycles. The highest BCUT2D eigenvalue weighted by atomic mass is 16.5. The van der Waals surface area contributed by atoms with E-state index >= 15 is 0 Å². The van der Waals surface area contributed by atoms with Gasteiger partial charge in [0.15, 0.2) is 0 Å². The number of nitrogens with one attached hydrogen (secondary N) is 1. The predicted octanol–water partition coefficient (Wildman–Crippen LogP) is 2.56. The Kier molecular flexibility index (Phi) is 7.37. The van der Waals surface area contributed by atoms with Crippen molar-refractivity contribution in [1.29, 1.82) is 0 Å². The second kappa shape index (κ2) is 8.89. The molecule has 0 aliphatic carbocycles. The summed E-state index contributed by atoms with van der Waals surface area (Å²) in [6.45, 7) is 6.74. The SMILES string of the molecule is CCCOCCC(NCC)c1cncc(OC)c1. The first kappa shape index (κ1) is 14.9. The molecule has 0 fully saturated rings. The van der Waals surface area contributed by atoms with Crippen LogP contribution in [0.5, 0.6) is 5.75 Å². The van der Waals surface area contributed by atoms with Crippen LogP contribution in [0.25, 0.3) is 0 Å². The van der Waals surface area contributed by atoms with E-state index in [0.717, 1.165) is 43.9 Å². The number of aromatic nitrogens is 1. The van der Waals surface area contributed by atoms with Crippen molar-refractivity contribution < 1.29 is 9.47 Å². The van der Waals surface area contributed by atoms with Crippen molar-refractivity contribution in [3.05, 3.63) is 24.0 Å². The van der Waals surface area contributed by atoms with Crippen LogP contribution in [0.3, 0.4) is 0 Å². The number of pyridine rings is 1. The Morgan fingerprint density at radius 3 is 2.78 bits per heavy atom. The summed E-state index contributed by atoms with van der Waals surface area (Å²) in [7, 11) is 1.66. The molecule has 4 nitrogen and oxygen atoms in total. The summed E-state index contributed by atoms with van der Waals surface area (Å²) < 4.78 is 10.8. The van der Waals surface area contributed by atoms with Crippen LogP contribution in [0.4, 0.5) is 0 Å². The van der Waals surface area contributed by atoms with Crippen molar-refractivity contribution >= 4 is 0 Å². The molecule has 0 saturated carbocycles. The zero-order valence-electron chi connectivity index (χ0n) is 11.6. The molecule has 1 aromatic rings. The van der Waals surface area contributed by atoms with Gasteiger partial charge in [0, 0.05) is 25.5 Å². The highest BCUT2D eigenvalue weighted by Gasteiger charge is 2.11. The van der Waals surface area contributed by atoms with Gasteiger partial charge in [-0.15, -0.1) is 0 Å². The molecule has 1 aromatic heterocycles. The lowest BCUT2D eigenvalue weighted by Gasteiger charge is -2.18. The van der Waals surface area contributed by atoms with E-state index in [1.807, 2.05) is 12.3 Å². The van der Waals surface area contributed by atoms with Crippen LogP contribution in [0.1, 0.15) is 38.3 Å². The first-order valence-corrected chi connectivity index (χ1v) is 6.61. The molecule has 1 rings (SSSR count). The monoisotopic (exact) mass is 252 g/mol. The maximum atomic E-state index is 5.55. The van der Waals surface area contributed by atoms with Crippen LogP contribution in [-0.2, 0) is 4.74 Å². The number of nitrogens with zero attached hydrogens (tertiary/aromatic N) is 1.